The summed E-state index contributed by atoms with van der Waals surface area (Å²) in [6.45, 7) is 1.78. The number of hydrogen-bond acceptors (Lipinski definition) is 4. The number of rotatable bonds is 6. The van der Waals surface area contributed by atoms with Gasteiger partial charge in [0.15, 0.2) is 0 Å². The molecule has 1 rings (SSSR count). The van der Waals surface area contributed by atoms with Gasteiger partial charge in [0.2, 0.25) is 0 Å². The lowest BCUT2D eigenvalue weighted by molar-refractivity contribution is 0.0951. The van der Waals surface area contributed by atoms with Crippen LogP contribution in [0.5, 0.6) is 0 Å². The molecular formula is C14H21N3O3. The normalized spacial score (nSPS) is 10.2. The van der Waals surface area contributed by atoms with Crippen molar-refractivity contribution in [1.82, 2.24) is 15.5 Å². The van der Waals surface area contributed by atoms with Crippen molar-refractivity contribution in [1.29, 1.82) is 0 Å². The molecule has 0 heterocycles. The van der Waals surface area contributed by atoms with E-state index in [1.807, 2.05) is 19.0 Å². The van der Waals surface area contributed by atoms with E-state index in [9.17, 15) is 9.59 Å². The van der Waals surface area contributed by atoms with Gasteiger partial charge in [-0.25, -0.2) is 4.79 Å². The summed E-state index contributed by atoms with van der Waals surface area (Å²) in [7, 11) is 5.22. The molecule has 2 amide bonds. The maximum absolute atomic E-state index is 11.8. The fraction of sp³-hybridized carbons (Fsp3) is 0.429. The summed E-state index contributed by atoms with van der Waals surface area (Å²) in [4.78, 5) is 24.8. The predicted molar refractivity (Wildman–Crippen MR) is 76.6 cm³/mol. The van der Waals surface area contributed by atoms with Gasteiger partial charge in [0.25, 0.3) is 5.91 Å². The van der Waals surface area contributed by atoms with E-state index in [0.29, 0.717) is 18.7 Å². The molecular weight excluding hydrogens is 258 g/mol. The Morgan fingerprint density at radius 3 is 2.35 bits per heavy atom. The lowest BCUT2D eigenvalue weighted by Crippen LogP contribution is -2.31. The quantitative estimate of drug-likeness (QED) is 0.809. The number of benzene rings is 1. The Kier molecular flexibility index (Phi) is 6.52. The highest BCUT2D eigenvalue weighted by Gasteiger charge is 2.05. The third kappa shape index (κ3) is 5.71. The van der Waals surface area contributed by atoms with E-state index in [1.165, 1.54) is 7.11 Å². The first-order valence-corrected chi connectivity index (χ1v) is 6.36. The molecule has 0 radical (unpaired) electrons. The van der Waals surface area contributed by atoms with Crippen molar-refractivity contribution in [2.75, 3.05) is 34.3 Å². The van der Waals surface area contributed by atoms with Gasteiger partial charge in [-0.2, -0.15) is 0 Å². The summed E-state index contributed by atoms with van der Waals surface area (Å²) in [6, 6.07) is 7.08. The van der Waals surface area contributed by atoms with Crippen molar-refractivity contribution in [3.05, 3.63) is 35.4 Å². The van der Waals surface area contributed by atoms with Crippen LogP contribution in [0.3, 0.4) is 0 Å². The predicted octanol–water partition coefficient (Wildman–Crippen LogP) is 0.834. The van der Waals surface area contributed by atoms with Gasteiger partial charge < -0.3 is 20.3 Å². The minimum absolute atomic E-state index is 0.0978. The average molecular weight is 279 g/mol. The lowest BCUT2D eigenvalue weighted by atomic mass is 10.1. The van der Waals surface area contributed by atoms with Crippen molar-refractivity contribution in [2.24, 2.45) is 0 Å². The minimum Gasteiger partial charge on any atom is -0.453 e. The topological polar surface area (TPSA) is 70.7 Å². The van der Waals surface area contributed by atoms with Crippen LogP contribution in [0.1, 0.15) is 15.9 Å². The van der Waals surface area contributed by atoms with Crippen molar-refractivity contribution in [3.63, 3.8) is 0 Å². The fourth-order valence-corrected chi connectivity index (χ4v) is 1.52. The Morgan fingerprint density at radius 1 is 1.15 bits per heavy atom. The second-order valence-corrected chi connectivity index (χ2v) is 4.60. The molecule has 0 unspecified atom stereocenters. The molecule has 1 aromatic rings. The van der Waals surface area contributed by atoms with Gasteiger partial charge >= 0.3 is 6.09 Å². The van der Waals surface area contributed by atoms with Crippen LogP contribution in [0.4, 0.5) is 4.79 Å². The van der Waals surface area contributed by atoms with E-state index in [-0.39, 0.29) is 5.91 Å². The van der Waals surface area contributed by atoms with E-state index >= 15 is 0 Å². The van der Waals surface area contributed by atoms with Crippen molar-refractivity contribution >= 4 is 12.0 Å². The number of nitrogens with zero attached hydrogens (tertiary/aromatic N) is 1. The standard InChI is InChI=1S/C14H21N3O3/c1-17(2)9-8-15-13(18)12-6-4-11(5-7-12)10-16-14(19)20-3/h4-7H,8-10H2,1-3H3,(H,15,18)(H,16,19). The third-order valence-corrected chi connectivity index (χ3v) is 2.68. The van der Waals surface area contributed by atoms with Gasteiger partial charge in [0.1, 0.15) is 0 Å². The Morgan fingerprint density at radius 2 is 1.80 bits per heavy atom. The maximum Gasteiger partial charge on any atom is 0.407 e. The number of likely N-dealkylation sites (N-methyl/N-ethyl adjacent to an activating group) is 1. The van der Waals surface area contributed by atoms with Crippen LogP contribution in [0.15, 0.2) is 24.3 Å². The Hall–Kier alpha value is -2.08. The van der Waals surface area contributed by atoms with Crippen LogP contribution in [-0.4, -0.2) is 51.2 Å². The molecule has 0 bridgehead atoms. The first-order chi connectivity index (χ1) is 9.52. The molecule has 6 nitrogen and oxygen atoms in total. The van der Waals surface area contributed by atoms with Crippen molar-refractivity contribution in [2.45, 2.75) is 6.54 Å². The SMILES string of the molecule is COC(=O)NCc1ccc(C(=O)NCCN(C)C)cc1. The molecule has 20 heavy (non-hydrogen) atoms. The second kappa shape index (κ2) is 8.16. The Balaban J connectivity index is 2.45. The number of amides is 2. The van der Waals surface area contributed by atoms with Crippen LogP contribution < -0.4 is 10.6 Å². The smallest absolute Gasteiger partial charge is 0.407 e. The van der Waals surface area contributed by atoms with Gasteiger partial charge in [0.05, 0.1) is 7.11 Å². The highest BCUT2D eigenvalue weighted by atomic mass is 16.5. The van der Waals surface area contributed by atoms with E-state index in [1.54, 1.807) is 24.3 Å². The van der Waals surface area contributed by atoms with Crippen LogP contribution in [0.25, 0.3) is 0 Å². The van der Waals surface area contributed by atoms with Crippen LogP contribution in [0, 0.1) is 0 Å². The number of carbonyl (C=O) groups excluding carboxylic acids is 2. The van der Waals surface area contributed by atoms with Gasteiger partial charge in [-0.1, -0.05) is 12.1 Å². The van der Waals surface area contributed by atoms with E-state index < -0.39 is 6.09 Å². The molecule has 6 heteroatoms. The lowest BCUT2D eigenvalue weighted by Gasteiger charge is -2.10. The molecule has 0 aliphatic heterocycles. The molecule has 0 saturated carbocycles. The first kappa shape index (κ1) is 16.0. The maximum atomic E-state index is 11.8. The largest absolute Gasteiger partial charge is 0.453 e. The fourth-order valence-electron chi connectivity index (χ4n) is 1.52. The highest BCUT2D eigenvalue weighted by Crippen LogP contribution is 2.04. The molecule has 0 aromatic heterocycles. The zero-order chi connectivity index (χ0) is 15.0. The number of alkyl carbamates (subject to hydrolysis) is 1. The van der Waals surface area contributed by atoms with E-state index in [4.69, 9.17) is 0 Å². The summed E-state index contributed by atoms with van der Waals surface area (Å²) in [5, 5.41) is 5.42. The minimum atomic E-state index is -0.476. The molecule has 1 aromatic carbocycles. The first-order valence-electron chi connectivity index (χ1n) is 6.36. The Labute approximate surface area is 119 Å². The highest BCUT2D eigenvalue weighted by molar-refractivity contribution is 5.94. The number of carbonyl (C=O) groups is 2. The molecule has 0 fully saturated rings. The van der Waals surface area contributed by atoms with Crippen LogP contribution in [0.2, 0.25) is 0 Å². The molecule has 0 saturated heterocycles. The van der Waals surface area contributed by atoms with Gasteiger partial charge in [0, 0.05) is 25.2 Å². The summed E-state index contributed by atoms with van der Waals surface area (Å²) >= 11 is 0. The molecule has 0 aliphatic carbocycles. The van der Waals surface area contributed by atoms with E-state index in [2.05, 4.69) is 15.4 Å². The molecule has 0 aliphatic rings. The third-order valence-electron chi connectivity index (χ3n) is 2.68. The summed E-state index contributed by atoms with van der Waals surface area (Å²) < 4.78 is 4.48. The van der Waals surface area contributed by atoms with E-state index in [0.717, 1.165) is 12.1 Å². The van der Waals surface area contributed by atoms with Gasteiger partial charge in [-0.15, -0.1) is 0 Å². The van der Waals surface area contributed by atoms with Crippen LogP contribution >= 0.6 is 0 Å². The Bertz CT molecular complexity index is 443. The zero-order valence-electron chi connectivity index (χ0n) is 12.1. The van der Waals surface area contributed by atoms with Crippen molar-refractivity contribution < 1.29 is 14.3 Å². The monoisotopic (exact) mass is 279 g/mol. The van der Waals surface area contributed by atoms with Gasteiger partial charge in [-0.05, 0) is 31.8 Å². The molecule has 2 N–H and O–H groups in total. The summed E-state index contributed by atoms with van der Waals surface area (Å²) in [5.74, 6) is -0.0978. The average Bonchev–Trinajstić information content (AvgIpc) is 2.44. The van der Waals surface area contributed by atoms with Crippen LogP contribution in [-0.2, 0) is 11.3 Å². The number of hydrogen-bond donors (Lipinski definition) is 2. The summed E-state index contributed by atoms with van der Waals surface area (Å²) in [5.41, 5.74) is 1.51. The van der Waals surface area contributed by atoms with Crippen molar-refractivity contribution in [3.8, 4) is 0 Å². The number of methoxy groups -OCH3 is 1. The molecule has 0 spiro atoms. The molecule has 110 valence electrons. The van der Waals surface area contributed by atoms with Gasteiger partial charge in [-0.3, -0.25) is 4.79 Å². The molecule has 0 atom stereocenters. The number of nitrogens with one attached hydrogen (secondary N) is 2. The second-order valence-electron chi connectivity index (χ2n) is 4.60. The number of ether oxygens (including phenoxy) is 1. The summed E-state index contributed by atoms with van der Waals surface area (Å²) in [6.07, 6.45) is -0.476. The zero-order valence-corrected chi connectivity index (χ0v) is 12.1.